The highest BCUT2D eigenvalue weighted by molar-refractivity contribution is 5.93. The Kier molecular flexibility index (Phi) is 9.18. The van der Waals surface area contributed by atoms with Crippen molar-refractivity contribution in [3.63, 3.8) is 0 Å². The van der Waals surface area contributed by atoms with Gasteiger partial charge in [-0.05, 0) is 57.6 Å². The molecule has 2 aromatic rings. The molecule has 0 aromatic heterocycles. The minimum absolute atomic E-state index is 0.0688. The molecule has 2 aromatic carbocycles. The topological polar surface area (TPSA) is 108 Å². The Balaban J connectivity index is 1.96. The Morgan fingerprint density at radius 2 is 1.65 bits per heavy atom. The molecule has 3 rings (SSSR count). The fourth-order valence-electron chi connectivity index (χ4n) is 4.31. The van der Waals surface area contributed by atoms with Gasteiger partial charge in [-0.15, -0.1) is 0 Å². The maximum atomic E-state index is 14.1. The maximum absolute atomic E-state index is 14.1. The van der Waals surface area contributed by atoms with Crippen LogP contribution in [0.1, 0.15) is 71.0 Å². The van der Waals surface area contributed by atoms with E-state index in [0.29, 0.717) is 5.56 Å². The van der Waals surface area contributed by atoms with Crippen molar-refractivity contribution in [2.45, 2.75) is 84.2 Å². The van der Waals surface area contributed by atoms with Gasteiger partial charge in [0.05, 0.1) is 0 Å². The molecule has 1 aliphatic rings. The lowest BCUT2D eigenvalue weighted by atomic mass is 9.87. The molecule has 1 aliphatic carbocycles. The van der Waals surface area contributed by atoms with Crippen LogP contribution in [0.5, 0.6) is 5.75 Å². The van der Waals surface area contributed by atoms with Gasteiger partial charge < -0.3 is 25.4 Å². The molecule has 1 fully saturated rings. The molecule has 0 aliphatic heterocycles. The highest BCUT2D eigenvalue weighted by Crippen LogP contribution is 2.37. The van der Waals surface area contributed by atoms with Crippen LogP contribution in [0, 0.1) is 5.92 Å². The van der Waals surface area contributed by atoms with Crippen LogP contribution in [0.4, 0.5) is 4.79 Å². The van der Waals surface area contributed by atoms with E-state index in [0.717, 1.165) is 24.8 Å². The predicted molar refractivity (Wildman–Crippen MR) is 142 cm³/mol. The van der Waals surface area contributed by atoms with Crippen molar-refractivity contribution in [3.8, 4) is 5.75 Å². The van der Waals surface area contributed by atoms with Gasteiger partial charge in [0, 0.05) is 18.2 Å². The predicted octanol–water partition coefficient (Wildman–Crippen LogP) is 4.68. The average Bonchev–Trinajstić information content (AvgIpc) is 2.79. The Morgan fingerprint density at radius 3 is 2.19 bits per heavy atom. The summed E-state index contributed by atoms with van der Waals surface area (Å²) >= 11 is 0. The molecule has 2 atom stereocenters. The van der Waals surface area contributed by atoms with Gasteiger partial charge in [-0.25, -0.2) is 4.79 Å². The van der Waals surface area contributed by atoms with Crippen molar-refractivity contribution in [1.29, 1.82) is 0 Å². The van der Waals surface area contributed by atoms with Crippen LogP contribution in [0.15, 0.2) is 54.6 Å². The third-order valence-corrected chi connectivity index (χ3v) is 6.39. The third-order valence-electron chi connectivity index (χ3n) is 6.39. The molecule has 2 unspecified atom stereocenters. The summed E-state index contributed by atoms with van der Waals surface area (Å²) < 4.78 is 5.41. The zero-order valence-electron chi connectivity index (χ0n) is 22.4. The molecule has 3 amide bonds. The first-order chi connectivity index (χ1) is 17.5. The van der Waals surface area contributed by atoms with Gasteiger partial charge in [0.1, 0.15) is 23.4 Å². The number of nitrogens with one attached hydrogen (secondary N) is 2. The van der Waals surface area contributed by atoms with Crippen molar-refractivity contribution in [2.24, 2.45) is 5.92 Å². The maximum Gasteiger partial charge on any atom is 0.408 e. The minimum atomic E-state index is -1.07. The van der Waals surface area contributed by atoms with Crippen LogP contribution in [0.25, 0.3) is 0 Å². The summed E-state index contributed by atoms with van der Waals surface area (Å²) in [6.45, 7) is 9.22. The van der Waals surface area contributed by atoms with E-state index in [2.05, 4.69) is 10.6 Å². The lowest BCUT2D eigenvalue weighted by Crippen LogP contribution is -2.58. The third kappa shape index (κ3) is 7.47. The van der Waals surface area contributed by atoms with Crippen LogP contribution < -0.4 is 10.6 Å². The summed E-state index contributed by atoms with van der Waals surface area (Å²) in [5.41, 5.74) is 0.533. The van der Waals surface area contributed by atoms with E-state index in [-0.39, 0.29) is 30.2 Å². The number of aromatic hydroxyl groups is 1. The first kappa shape index (κ1) is 28.0. The summed E-state index contributed by atoms with van der Waals surface area (Å²) in [6, 6.07) is 13.9. The highest BCUT2D eigenvalue weighted by Gasteiger charge is 2.43. The van der Waals surface area contributed by atoms with Crippen LogP contribution in [-0.4, -0.2) is 45.6 Å². The highest BCUT2D eigenvalue weighted by atomic mass is 16.6. The molecule has 0 spiro atoms. The number of rotatable bonds is 9. The average molecular weight is 510 g/mol. The number of carbonyl (C=O) groups is 3. The molecule has 8 heteroatoms. The molecule has 200 valence electrons. The van der Waals surface area contributed by atoms with Gasteiger partial charge in [0.2, 0.25) is 11.8 Å². The zero-order valence-corrected chi connectivity index (χ0v) is 22.4. The summed E-state index contributed by atoms with van der Waals surface area (Å²) in [4.78, 5) is 42.0. The quantitative estimate of drug-likeness (QED) is 0.455. The number of para-hydroxylation sites is 1. The molecule has 0 heterocycles. The monoisotopic (exact) mass is 509 g/mol. The summed E-state index contributed by atoms with van der Waals surface area (Å²) in [5, 5.41) is 16.4. The zero-order chi connectivity index (χ0) is 27.2. The molecule has 0 bridgehead atoms. The number of phenolic OH excluding ortho intramolecular Hbond substituents is 1. The van der Waals surface area contributed by atoms with Crippen LogP contribution in [-0.2, 0) is 20.9 Å². The van der Waals surface area contributed by atoms with Crippen LogP contribution in [0.2, 0.25) is 0 Å². The Morgan fingerprint density at radius 1 is 1.03 bits per heavy atom. The second-order valence-electron chi connectivity index (χ2n) is 10.9. The number of hydrogen-bond acceptors (Lipinski definition) is 5. The number of phenols is 1. The molecule has 3 N–H and O–H groups in total. The molecule has 8 nitrogen and oxygen atoms in total. The first-order valence-corrected chi connectivity index (χ1v) is 12.9. The molecule has 1 saturated carbocycles. The number of benzene rings is 2. The van der Waals surface area contributed by atoms with E-state index in [4.69, 9.17) is 4.74 Å². The molecule has 0 saturated heterocycles. The number of nitrogens with zero attached hydrogens (tertiary/aromatic N) is 1. The lowest BCUT2D eigenvalue weighted by molar-refractivity contribution is -0.148. The standard InChI is InChI=1S/C29H39N3O5/c1-19(2)24(31-28(36)37-29(3,4)5)27(35)32(21-14-11-15-21)25(22-16-9-10-17-23(22)33)26(34)30-18-20-12-7-6-8-13-20/h6-10,12-13,16-17,19,21,24-25,33H,11,14-15,18H2,1-5H3,(H,30,34)(H,31,36). The largest absolute Gasteiger partial charge is 0.508 e. The summed E-state index contributed by atoms with van der Waals surface area (Å²) in [7, 11) is 0. The number of alkyl carbamates (subject to hydrolysis) is 1. The van der Waals surface area contributed by atoms with Crippen molar-refractivity contribution in [3.05, 3.63) is 65.7 Å². The van der Waals surface area contributed by atoms with Gasteiger partial charge in [-0.1, -0.05) is 62.4 Å². The van der Waals surface area contributed by atoms with E-state index in [1.807, 2.05) is 44.2 Å². The molecule has 0 radical (unpaired) electrons. The van der Waals surface area contributed by atoms with E-state index >= 15 is 0 Å². The fourth-order valence-corrected chi connectivity index (χ4v) is 4.31. The molecular formula is C29H39N3O5. The Bertz CT molecular complexity index is 1080. The number of amides is 3. The van der Waals surface area contributed by atoms with Gasteiger partial charge in [-0.2, -0.15) is 0 Å². The van der Waals surface area contributed by atoms with E-state index in [1.165, 1.54) is 6.07 Å². The number of hydrogen-bond donors (Lipinski definition) is 3. The normalized spacial score (nSPS) is 15.3. The van der Waals surface area contributed by atoms with Gasteiger partial charge in [-0.3, -0.25) is 9.59 Å². The van der Waals surface area contributed by atoms with Crippen molar-refractivity contribution in [2.75, 3.05) is 0 Å². The van der Waals surface area contributed by atoms with Crippen LogP contribution in [0.3, 0.4) is 0 Å². The van der Waals surface area contributed by atoms with E-state index in [9.17, 15) is 19.5 Å². The van der Waals surface area contributed by atoms with Gasteiger partial charge in [0.25, 0.3) is 0 Å². The minimum Gasteiger partial charge on any atom is -0.508 e. The second kappa shape index (κ2) is 12.1. The Hall–Kier alpha value is -3.55. The number of carbonyl (C=O) groups excluding carboxylic acids is 3. The number of ether oxygens (including phenoxy) is 1. The Labute approximate surface area is 219 Å². The van der Waals surface area contributed by atoms with Gasteiger partial charge in [0.15, 0.2) is 0 Å². The summed E-state index contributed by atoms with van der Waals surface area (Å²) in [6.07, 6.45) is 1.71. The van der Waals surface area contributed by atoms with E-state index < -0.39 is 29.7 Å². The van der Waals surface area contributed by atoms with E-state index in [1.54, 1.807) is 43.9 Å². The smallest absolute Gasteiger partial charge is 0.408 e. The van der Waals surface area contributed by atoms with Crippen molar-refractivity contribution >= 4 is 17.9 Å². The van der Waals surface area contributed by atoms with Gasteiger partial charge >= 0.3 is 6.09 Å². The SMILES string of the molecule is CC(C)C(NC(=O)OC(C)(C)C)C(=O)N(C1CCC1)C(C(=O)NCc1ccccc1)c1ccccc1O. The van der Waals surface area contributed by atoms with Crippen LogP contribution >= 0.6 is 0 Å². The van der Waals surface area contributed by atoms with Crippen molar-refractivity contribution < 1.29 is 24.2 Å². The van der Waals surface area contributed by atoms with Crippen molar-refractivity contribution in [1.82, 2.24) is 15.5 Å². The first-order valence-electron chi connectivity index (χ1n) is 12.9. The molecular weight excluding hydrogens is 470 g/mol. The fraction of sp³-hybridized carbons (Fsp3) is 0.483. The lowest BCUT2D eigenvalue weighted by Gasteiger charge is -2.44. The summed E-state index contributed by atoms with van der Waals surface area (Å²) in [5.74, 6) is -1.11. The molecule has 37 heavy (non-hydrogen) atoms. The second-order valence-corrected chi connectivity index (χ2v) is 10.9.